The van der Waals surface area contributed by atoms with Crippen molar-refractivity contribution in [2.75, 3.05) is 7.05 Å². The highest BCUT2D eigenvalue weighted by Crippen LogP contribution is 2.36. The van der Waals surface area contributed by atoms with Gasteiger partial charge in [0, 0.05) is 7.05 Å². The van der Waals surface area contributed by atoms with Gasteiger partial charge in [0.05, 0.1) is 11.8 Å². The molecule has 2 amide bonds. The van der Waals surface area contributed by atoms with Gasteiger partial charge in [-0.25, -0.2) is 0 Å². The summed E-state index contributed by atoms with van der Waals surface area (Å²) in [6.07, 6.45) is 3.58. The average Bonchev–Trinajstić information content (AvgIpc) is 2.32. The van der Waals surface area contributed by atoms with Gasteiger partial charge in [-0.15, -0.1) is 0 Å². The number of carbonyl (C=O) groups is 2. The lowest BCUT2D eigenvalue weighted by Crippen LogP contribution is -2.26. The third-order valence-electron chi connectivity index (χ3n) is 3.04. The van der Waals surface area contributed by atoms with Gasteiger partial charge in [-0.1, -0.05) is 11.6 Å². The third-order valence-corrected chi connectivity index (χ3v) is 3.04. The summed E-state index contributed by atoms with van der Waals surface area (Å²) in [6.45, 7) is 2.02. The van der Waals surface area contributed by atoms with E-state index in [0.717, 1.165) is 12.8 Å². The van der Waals surface area contributed by atoms with E-state index < -0.39 is 0 Å². The fraction of sp³-hybridized carbons (Fsp3) is 0.600. The molecule has 0 radical (unpaired) electrons. The van der Waals surface area contributed by atoms with Crippen molar-refractivity contribution in [1.82, 2.24) is 4.90 Å². The van der Waals surface area contributed by atoms with Crippen LogP contribution in [0, 0.1) is 11.8 Å². The topological polar surface area (TPSA) is 37.4 Å². The van der Waals surface area contributed by atoms with E-state index in [1.165, 1.54) is 10.5 Å². The van der Waals surface area contributed by atoms with Crippen molar-refractivity contribution in [2.45, 2.75) is 19.8 Å². The van der Waals surface area contributed by atoms with Gasteiger partial charge >= 0.3 is 0 Å². The van der Waals surface area contributed by atoms with Crippen LogP contribution in [0.3, 0.4) is 0 Å². The molecule has 3 heteroatoms. The van der Waals surface area contributed by atoms with E-state index in [-0.39, 0.29) is 23.7 Å². The van der Waals surface area contributed by atoms with Gasteiger partial charge in [0.25, 0.3) is 0 Å². The van der Waals surface area contributed by atoms with E-state index in [0.29, 0.717) is 0 Å². The molecule has 1 heterocycles. The van der Waals surface area contributed by atoms with Gasteiger partial charge in [-0.2, -0.15) is 0 Å². The summed E-state index contributed by atoms with van der Waals surface area (Å²) in [6, 6.07) is 0. The summed E-state index contributed by atoms with van der Waals surface area (Å²) in [5.41, 5.74) is 1.23. The lowest BCUT2D eigenvalue weighted by molar-refractivity contribution is -0.138. The largest absolute Gasteiger partial charge is 0.285 e. The summed E-state index contributed by atoms with van der Waals surface area (Å²) in [5.74, 6) is -0.134. The van der Waals surface area contributed by atoms with Crippen molar-refractivity contribution >= 4 is 11.8 Å². The standard InChI is InChI=1S/C10H13NO2/c1-6-3-4-7-8(5-6)10(13)11(2)9(7)12/h3,7-8H,4-5H2,1-2H3/t7-,8+/m0/s1. The molecule has 0 bridgehead atoms. The maximum absolute atomic E-state index is 11.6. The van der Waals surface area contributed by atoms with Crippen LogP contribution < -0.4 is 0 Å². The van der Waals surface area contributed by atoms with E-state index in [4.69, 9.17) is 0 Å². The van der Waals surface area contributed by atoms with Crippen LogP contribution in [0.4, 0.5) is 0 Å². The minimum Gasteiger partial charge on any atom is -0.285 e. The number of carbonyl (C=O) groups excluding carboxylic acids is 2. The highest BCUT2D eigenvalue weighted by Gasteiger charge is 2.46. The first kappa shape index (κ1) is 8.48. The van der Waals surface area contributed by atoms with Crippen molar-refractivity contribution in [3.8, 4) is 0 Å². The Hall–Kier alpha value is -1.12. The molecule has 0 saturated carbocycles. The number of amides is 2. The van der Waals surface area contributed by atoms with Crippen LogP contribution in [0.2, 0.25) is 0 Å². The maximum Gasteiger partial charge on any atom is 0.233 e. The smallest absolute Gasteiger partial charge is 0.233 e. The number of rotatable bonds is 0. The molecule has 2 rings (SSSR count). The van der Waals surface area contributed by atoms with E-state index >= 15 is 0 Å². The van der Waals surface area contributed by atoms with E-state index in [9.17, 15) is 9.59 Å². The van der Waals surface area contributed by atoms with Crippen LogP contribution in [0.1, 0.15) is 19.8 Å². The third kappa shape index (κ3) is 1.10. The number of hydrogen-bond acceptors (Lipinski definition) is 2. The van der Waals surface area contributed by atoms with Crippen LogP contribution in [-0.4, -0.2) is 23.8 Å². The molecule has 1 saturated heterocycles. The van der Waals surface area contributed by atoms with Crippen molar-refractivity contribution in [1.29, 1.82) is 0 Å². The van der Waals surface area contributed by atoms with Crippen molar-refractivity contribution in [3.63, 3.8) is 0 Å². The van der Waals surface area contributed by atoms with Gasteiger partial charge in [0.2, 0.25) is 11.8 Å². The quantitative estimate of drug-likeness (QED) is 0.410. The predicted octanol–water partition coefficient (Wildman–Crippen LogP) is 0.958. The molecule has 0 aromatic heterocycles. The Bertz CT molecular complexity index is 306. The number of imide groups is 1. The molecule has 13 heavy (non-hydrogen) atoms. The Morgan fingerprint density at radius 2 is 1.92 bits per heavy atom. The first-order chi connectivity index (χ1) is 6.11. The maximum atomic E-state index is 11.6. The van der Waals surface area contributed by atoms with Crippen LogP contribution in [0.15, 0.2) is 11.6 Å². The fourth-order valence-corrected chi connectivity index (χ4v) is 2.20. The lowest BCUT2D eigenvalue weighted by atomic mass is 9.82. The minimum absolute atomic E-state index is 0.00116. The monoisotopic (exact) mass is 179 g/mol. The molecule has 70 valence electrons. The van der Waals surface area contributed by atoms with Crippen LogP contribution in [0.25, 0.3) is 0 Å². The van der Waals surface area contributed by atoms with Crippen molar-refractivity contribution in [3.05, 3.63) is 11.6 Å². The molecule has 2 aliphatic rings. The molecular formula is C10H13NO2. The van der Waals surface area contributed by atoms with Crippen LogP contribution >= 0.6 is 0 Å². The fourth-order valence-electron chi connectivity index (χ4n) is 2.20. The molecular weight excluding hydrogens is 166 g/mol. The number of hydrogen-bond donors (Lipinski definition) is 0. The molecule has 1 aliphatic carbocycles. The zero-order valence-corrected chi connectivity index (χ0v) is 7.91. The van der Waals surface area contributed by atoms with Gasteiger partial charge in [-0.05, 0) is 19.8 Å². The molecule has 0 aromatic rings. The Morgan fingerprint density at radius 3 is 2.62 bits per heavy atom. The van der Waals surface area contributed by atoms with Crippen molar-refractivity contribution in [2.24, 2.45) is 11.8 Å². The van der Waals surface area contributed by atoms with E-state index in [1.54, 1.807) is 7.05 Å². The SMILES string of the molecule is CC1=CC[C@@H]2C(=O)N(C)C(=O)[C@@H]2C1. The van der Waals surface area contributed by atoms with Gasteiger partial charge in [0.15, 0.2) is 0 Å². The second-order valence-electron chi connectivity index (χ2n) is 3.94. The Labute approximate surface area is 77.4 Å². The van der Waals surface area contributed by atoms with E-state index in [1.807, 2.05) is 6.92 Å². The van der Waals surface area contributed by atoms with Crippen molar-refractivity contribution < 1.29 is 9.59 Å². The number of likely N-dealkylation sites (tertiary alicyclic amines) is 1. The van der Waals surface area contributed by atoms with Gasteiger partial charge in [0.1, 0.15) is 0 Å². The molecule has 0 aromatic carbocycles. The summed E-state index contributed by atoms with van der Waals surface area (Å²) >= 11 is 0. The lowest BCUT2D eigenvalue weighted by Gasteiger charge is -2.19. The molecule has 0 spiro atoms. The Balaban J connectivity index is 2.30. The van der Waals surface area contributed by atoms with E-state index in [2.05, 4.69) is 6.08 Å². The number of fused-ring (bicyclic) bond motifs is 1. The zero-order chi connectivity index (χ0) is 9.59. The first-order valence-electron chi connectivity index (χ1n) is 4.58. The molecule has 0 N–H and O–H groups in total. The molecule has 3 nitrogen and oxygen atoms in total. The van der Waals surface area contributed by atoms with Gasteiger partial charge in [-0.3, -0.25) is 14.5 Å². The van der Waals surface area contributed by atoms with Crippen LogP contribution in [0.5, 0.6) is 0 Å². The highest BCUT2D eigenvalue weighted by molar-refractivity contribution is 6.05. The second-order valence-corrected chi connectivity index (χ2v) is 3.94. The highest BCUT2D eigenvalue weighted by atomic mass is 16.2. The molecule has 1 fully saturated rings. The normalized spacial score (nSPS) is 33.4. The number of allylic oxidation sites excluding steroid dienone is 2. The summed E-state index contributed by atoms with van der Waals surface area (Å²) in [7, 11) is 1.58. The molecule has 0 unspecified atom stereocenters. The second kappa shape index (κ2) is 2.69. The average molecular weight is 179 g/mol. The summed E-state index contributed by atoms with van der Waals surface area (Å²) in [5, 5.41) is 0. The first-order valence-corrected chi connectivity index (χ1v) is 4.58. The number of nitrogens with zero attached hydrogens (tertiary/aromatic N) is 1. The minimum atomic E-state index is -0.0683. The molecule has 1 aliphatic heterocycles. The summed E-state index contributed by atoms with van der Waals surface area (Å²) < 4.78 is 0. The Morgan fingerprint density at radius 1 is 1.31 bits per heavy atom. The zero-order valence-electron chi connectivity index (χ0n) is 7.91. The van der Waals surface area contributed by atoms with Crippen LogP contribution in [-0.2, 0) is 9.59 Å². The molecule has 2 atom stereocenters. The predicted molar refractivity (Wildman–Crippen MR) is 47.7 cm³/mol. The summed E-state index contributed by atoms with van der Waals surface area (Å²) in [4.78, 5) is 24.4. The Kier molecular flexibility index (Phi) is 1.75. The van der Waals surface area contributed by atoms with Gasteiger partial charge < -0.3 is 0 Å².